The van der Waals surface area contributed by atoms with Crippen molar-refractivity contribution in [2.45, 2.75) is 223 Å². The maximum atomic E-state index is 14.8. The lowest BCUT2D eigenvalue weighted by Crippen LogP contribution is -2.70. The Morgan fingerprint density at radius 1 is 0.537 bits per heavy atom. The van der Waals surface area contributed by atoms with E-state index < -0.39 is 11.9 Å². The number of hydrogen-bond donors (Lipinski definition) is 2. The molecule has 0 bridgehead atoms. The Morgan fingerprint density at radius 3 is 1.50 bits per heavy atom. The molecule has 10 nitrogen and oxygen atoms in total. The number of carbonyl (C=O) groups is 4. The van der Waals surface area contributed by atoms with Gasteiger partial charge in [-0.1, -0.05) is 65.8 Å². The molecule has 10 aliphatic rings. The molecule has 11 rings (SSSR count). The fourth-order valence-electron chi connectivity index (χ4n) is 24.8. The Morgan fingerprint density at radius 2 is 1.00 bits per heavy atom. The first-order valence-corrected chi connectivity index (χ1v) is 32.2. The molecule has 18 atom stereocenters. The third-order valence-electron chi connectivity index (χ3n) is 29.1. The number of aliphatic hydroxyl groups is 1. The van der Waals surface area contributed by atoms with Crippen LogP contribution in [0.25, 0.3) is 0 Å². The average molecular weight is 1100 g/mol. The molecular weight excluding hydrogens is 997 g/mol. The number of likely N-dealkylation sites (tertiary alicyclic amines) is 2. The first-order chi connectivity index (χ1) is 37.5. The topological polar surface area (TPSA) is 134 Å². The molecule has 442 valence electrons. The standard InChI is InChI=1S/C70H104N2O8/c1-43(2)47-25-31-69(41-73)35-33-65(11)49(57(47)69)19-21-54-64(10)38-40-72(62(7,8)52(64)28-30-67(54,65)13)59(77)45-15-17-46(18-16-45)60(78)80-79-42-70-32-26-48(44(3)4)58(70)50-20-22-53-63(9)37-39-71(55(74)23-24-56(75)76)61(5,6)51(63)27-29-68(53,14)66(50,12)34-36-70/h15-18,47-54,57-58,73H,1,3,19-42H2,2,4-14H3,(H,75,76)/t47-,48-,49+,50+,51?,52?,53+,54+,57+,58+,63-,64-,65+,66+,67+,68+,69+,70+/m0/s1. The Bertz CT molecular complexity index is 2680. The number of carboxylic acids is 1. The van der Waals surface area contributed by atoms with E-state index in [2.05, 4.69) is 101 Å². The van der Waals surface area contributed by atoms with Gasteiger partial charge in [-0.05, 0) is 278 Å². The molecule has 80 heavy (non-hydrogen) atoms. The number of piperidine rings is 2. The van der Waals surface area contributed by atoms with Crippen molar-refractivity contribution in [1.29, 1.82) is 0 Å². The maximum absolute atomic E-state index is 14.8. The van der Waals surface area contributed by atoms with Gasteiger partial charge in [-0.3, -0.25) is 19.3 Å². The van der Waals surface area contributed by atoms with E-state index in [4.69, 9.17) is 9.78 Å². The minimum absolute atomic E-state index is 0.0281. The van der Waals surface area contributed by atoms with Crippen LogP contribution in [0.2, 0.25) is 0 Å². The van der Waals surface area contributed by atoms with Crippen LogP contribution in [0.15, 0.2) is 48.6 Å². The van der Waals surface area contributed by atoms with Crippen molar-refractivity contribution < 1.29 is 39.2 Å². The van der Waals surface area contributed by atoms with E-state index in [1.165, 1.54) is 43.3 Å². The molecule has 2 N–H and O–H groups in total. The van der Waals surface area contributed by atoms with Gasteiger partial charge in [-0.2, -0.15) is 4.89 Å². The highest BCUT2D eigenvalue weighted by molar-refractivity contribution is 5.96. The van der Waals surface area contributed by atoms with E-state index in [0.717, 1.165) is 83.5 Å². The number of amides is 2. The van der Waals surface area contributed by atoms with Crippen LogP contribution in [0.3, 0.4) is 0 Å². The van der Waals surface area contributed by atoms with E-state index >= 15 is 0 Å². The number of fused-ring (bicyclic) bond motifs is 14. The van der Waals surface area contributed by atoms with E-state index in [9.17, 15) is 29.4 Å². The fourth-order valence-corrected chi connectivity index (χ4v) is 24.8. The average Bonchev–Trinajstić information content (AvgIpc) is 2.93. The van der Waals surface area contributed by atoms with Gasteiger partial charge < -0.3 is 20.0 Å². The van der Waals surface area contributed by atoms with Crippen LogP contribution in [0, 0.1) is 102 Å². The summed E-state index contributed by atoms with van der Waals surface area (Å²) in [6.45, 7) is 40.4. The minimum Gasteiger partial charge on any atom is -0.481 e. The summed E-state index contributed by atoms with van der Waals surface area (Å²) in [5, 5.41) is 20.4. The number of carboxylic acid groups (broad SMARTS) is 1. The predicted molar refractivity (Wildman–Crippen MR) is 314 cm³/mol. The van der Waals surface area contributed by atoms with Crippen LogP contribution in [0.4, 0.5) is 0 Å². The quantitative estimate of drug-likeness (QED) is 0.127. The Hall–Kier alpha value is -3.50. The molecule has 10 heteroatoms. The van der Waals surface area contributed by atoms with Gasteiger partial charge in [-0.15, -0.1) is 0 Å². The predicted octanol–water partition coefficient (Wildman–Crippen LogP) is 14.9. The molecule has 8 saturated carbocycles. The van der Waals surface area contributed by atoms with Crippen molar-refractivity contribution in [2.24, 2.45) is 102 Å². The van der Waals surface area contributed by atoms with Crippen LogP contribution in [0.5, 0.6) is 0 Å². The number of hydrogen-bond acceptors (Lipinski definition) is 7. The molecule has 8 aliphatic carbocycles. The Kier molecular flexibility index (Phi) is 14.2. The van der Waals surface area contributed by atoms with Gasteiger partial charge in [0.15, 0.2) is 0 Å². The summed E-state index contributed by atoms with van der Waals surface area (Å²) in [6.07, 6.45) is 19.9. The first kappa shape index (κ1) is 58.3. The lowest BCUT2D eigenvalue weighted by atomic mass is 9.33. The molecule has 1 aromatic rings. The van der Waals surface area contributed by atoms with E-state index in [0.29, 0.717) is 96.6 Å². The number of aliphatic carboxylic acids is 1. The number of aliphatic hydroxyl groups excluding tert-OH is 1. The number of allylic oxidation sites excluding steroid dienone is 2. The van der Waals surface area contributed by atoms with E-state index in [-0.39, 0.29) is 79.1 Å². The van der Waals surface area contributed by atoms with Crippen molar-refractivity contribution in [2.75, 3.05) is 26.3 Å². The second-order valence-electron chi connectivity index (χ2n) is 32.2. The third-order valence-corrected chi connectivity index (χ3v) is 29.1. The lowest BCUT2D eigenvalue weighted by molar-refractivity contribution is -0.284. The molecular formula is C70H104N2O8. The smallest absolute Gasteiger partial charge is 0.373 e. The zero-order chi connectivity index (χ0) is 57.8. The van der Waals surface area contributed by atoms with Gasteiger partial charge in [0.05, 0.1) is 18.6 Å². The summed E-state index contributed by atoms with van der Waals surface area (Å²) in [6, 6.07) is 7.09. The number of rotatable bonds is 11. The van der Waals surface area contributed by atoms with Crippen molar-refractivity contribution in [3.63, 3.8) is 0 Å². The van der Waals surface area contributed by atoms with Gasteiger partial charge in [-0.25, -0.2) is 4.79 Å². The monoisotopic (exact) mass is 1100 g/mol. The number of carbonyl (C=O) groups excluding carboxylic acids is 3. The van der Waals surface area contributed by atoms with Gasteiger partial charge in [0.1, 0.15) is 0 Å². The van der Waals surface area contributed by atoms with Gasteiger partial charge >= 0.3 is 11.9 Å². The molecule has 10 fully saturated rings. The third kappa shape index (κ3) is 8.06. The molecule has 2 saturated heterocycles. The SMILES string of the molecule is C=C(C)[C@@H]1CC[C@]2(COOC(=O)c3ccc(C(=O)N4CC[C@@]5(C)C(CC[C@]6(C)[C@@H]5CC[C@@H]5[C@H]7[C@H](C(=C)C)CC[C@]7(CO)CC[C@]56C)C4(C)C)cc3)CC[C@]3(C)[C@H](CC[C@@H]4[C@@]5(C)CCN(C(=O)CCC(=O)O)C(C)(C)C5CC[C@]43C)[C@@H]12. The van der Waals surface area contributed by atoms with Gasteiger partial charge in [0, 0.05) is 48.2 Å². The maximum Gasteiger partial charge on any atom is 0.373 e. The van der Waals surface area contributed by atoms with Gasteiger partial charge in [0.25, 0.3) is 5.91 Å². The van der Waals surface area contributed by atoms with Crippen LogP contribution in [-0.2, 0) is 19.4 Å². The molecule has 2 aliphatic heterocycles. The van der Waals surface area contributed by atoms with E-state index in [1.807, 2.05) is 17.0 Å². The molecule has 2 amide bonds. The van der Waals surface area contributed by atoms with Crippen LogP contribution in [-0.4, -0.2) is 81.1 Å². The highest BCUT2D eigenvalue weighted by Gasteiger charge is 2.73. The van der Waals surface area contributed by atoms with Crippen molar-refractivity contribution in [3.8, 4) is 0 Å². The summed E-state index contributed by atoms with van der Waals surface area (Å²) < 4.78 is 0. The van der Waals surface area contributed by atoms with Crippen LogP contribution < -0.4 is 0 Å². The largest absolute Gasteiger partial charge is 0.481 e. The molecule has 2 heterocycles. The normalized spacial score (nSPS) is 45.7. The zero-order valence-electron chi connectivity index (χ0n) is 51.7. The Balaban J connectivity index is 0.739. The molecule has 0 radical (unpaired) electrons. The fraction of sp³-hybridized carbons (Fsp3) is 0.800. The second kappa shape index (κ2) is 19.5. The highest BCUT2D eigenvalue weighted by atomic mass is 17.2. The second-order valence-corrected chi connectivity index (χ2v) is 32.2. The van der Waals surface area contributed by atoms with Crippen molar-refractivity contribution in [1.82, 2.24) is 9.80 Å². The minimum atomic E-state index is -0.923. The van der Waals surface area contributed by atoms with Crippen molar-refractivity contribution in [3.05, 3.63) is 59.7 Å². The summed E-state index contributed by atoms with van der Waals surface area (Å²) in [5.41, 5.74) is 3.52. The first-order valence-electron chi connectivity index (χ1n) is 32.2. The van der Waals surface area contributed by atoms with Crippen LogP contribution >= 0.6 is 0 Å². The molecule has 0 spiro atoms. The zero-order valence-corrected chi connectivity index (χ0v) is 51.7. The molecule has 0 aromatic heterocycles. The summed E-state index contributed by atoms with van der Waals surface area (Å²) in [7, 11) is 0. The van der Waals surface area contributed by atoms with E-state index in [1.54, 1.807) is 12.1 Å². The lowest BCUT2D eigenvalue weighted by Gasteiger charge is -2.73. The molecule has 1 aromatic carbocycles. The number of benzene rings is 1. The summed E-state index contributed by atoms with van der Waals surface area (Å²) in [4.78, 5) is 69.7. The Labute approximate surface area is 481 Å². The van der Waals surface area contributed by atoms with Gasteiger partial charge in [0.2, 0.25) is 5.91 Å². The number of nitrogens with zero attached hydrogens (tertiary/aromatic N) is 2. The highest BCUT2D eigenvalue weighted by Crippen LogP contribution is 2.79. The van der Waals surface area contributed by atoms with Crippen LogP contribution in [0.1, 0.15) is 232 Å². The summed E-state index contributed by atoms with van der Waals surface area (Å²) >= 11 is 0. The van der Waals surface area contributed by atoms with Crippen molar-refractivity contribution >= 4 is 23.8 Å². The molecule has 2 unspecified atom stereocenters. The summed E-state index contributed by atoms with van der Waals surface area (Å²) in [5.74, 6) is 3.19.